The van der Waals surface area contributed by atoms with Crippen LogP contribution in [-0.4, -0.2) is 39.9 Å². The maximum atomic E-state index is 12.2. The molecule has 2 rings (SSSR count). The monoisotopic (exact) mass is 415 g/mol. The second kappa shape index (κ2) is 10.4. The molecule has 1 N–H and O–H groups in total. The van der Waals surface area contributed by atoms with Crippen LogP contribution in [-0.2, 0) is 21.2 Å². The van der Waals surface area contributed by atoms with Crippen molar-refractivity contribution in [2.24, 2.45) is 5.10 Å². The summed E-state index contributed by atoms with van der Waals surface area (Å²) in [6, 6.07) is 14.2. The smallest absolute Gasteiger partial charge is 0.260 e. The molecule has 29 heavy (non-hydrogen) atoms. The summed E-state index contributed by atoms with van der Waals surface area (Å²) in [5.74, 6) is 0.101. The summed E-state index contributed by atoms with van der Waals surface area (Å²) in [6.45, 7) is 5.62. The number of carbonyl (C=O) groups excluding carboxylic acids is 1. The van der Waals surface area contributed by atoms with Gasteiger partial charge in [-0.3, -0.25) is 9.10 Å². The Labute approximate surface area is 171 Å². The topological polar surface area (TPSA) is 88.1 Å². The summed E-state index contributed by atoms with van der Waals surface area (Å²) in [7, 11) is -3.63. The second-order valence-corrected chi connectivity index (χ2v) is 8.16. The van der Waals surface area contributed by atoms with Crippen molar-refractivity contribution in [3.05, 3.63) is 72.3 Å². The molecular weight excluding hydrogens is 390 g/mol. The summed E-state index contributed by atoms with van der Waals surface area (Å²) in [5.41, 5.74) is 4.59. The van der Waals surface area contributed by atoms with E-state index in [4.69, 9.17) is 4.74 Å². The van der Waals surface area contributed by atoms with Gasteiger partial charge in [-0.1, -0.05) is 43.8 Å². The summed E-state index contributed by atoms with van der Waals surface area (Å²) in [6.07, 6.45) is 5.00. The van der Waals surface area contributed by atoms with Gasteiger partial charge in [-0.25, -0.2) is 13.8 Å². The van der Waals surface area contributed by atoms with Gasteiger partial charge < -0.3 is 4.74 Å². The van der Waals surface area contributed by atoms with E-state index >= 15 is 0 Å². The second-order valence-electron chi connectivity index (χ2n) is 6.25. The SMILES string of the molecule is C=CCOc1cccc(/C=N\NC(=O)CN(c2ccc(CC)cc2)S(C)(=O)=O)c1. The molecule has 154 valence electrons. The first-order valence-corrected chi connectivity index (χ1v) is 10.9. The Morgan fingerprint density at radius 2 is 1.97 bits per heavy atom. The standard InChI is InChI=1S/C21H25N3O4S/c1-4-13-28-20-8-6-7-18(14-20)15-22-23-21(25)16-24(29(3,26)27)19-11-9-17(5-2)10-12-19/h4,6-12,14-15H,1,5,13,16H2,2-3H3,(H,23,25)/b22-15-. The zero-order valence-electron chi connectivity index (χ0n) is 16.5. The lowest BCUT2D eigenvalue weighted by Crippen LogP contribution is -2.39. The van der Waals surface area contributed by atoms with Crippen molar-refractivity contribution < 1.29 is 17.9 Å². The van der Waals surface area contributed by atoms with E-state index in [1.54, 1.807) is 42.5 Å². The molecule has 0 spiro atoms. The lowest BCUT2D eigenvalue weighted by molar-refractivity contribution is -0.119. The number of aryl methyl sites for hydroxylation is 1. The number of nitrogens with one attached hydrogen (secondary N) is 1. The van der Waals surface area contributed by atoms with Gasteiger partial charge in [0.15, 0.2) is 0 Å². The molecule has 0 atom stereocenters. The van der Waals surface area contributed by atoms with Crippen molar-refractivity contribution in [1.82, 2.24) is 5.43 Å². The number of sulfonamides is 1. The number of amides is 1. The number of hydrazone groups is 1. The van der Waals surface area contributed by atoms with Gasteiger partial charge in [-0.2, -0.15) is 5.10 Å². The number of carbonyl (C=O) groups is 1. The minimum Gasteiger partial charge on any atom is -0.490 e. The quantitative estimate of drug-likeness (QED) is 0.367. The predicted octanol–water partition coefficient (Wildman–Crippen LogP) is 2.73. The molecule has 1 amide bonds. The third-order valence-electron chi connectivity index (χ3n) is 3.95. The van der Waals surface area contributed by atoms with E-state index in [1.165, 1.54) is 6.21 Å². The Hall–Kier alpha value is -3.13. The molecule has 2 aromatic rings. The number of hydrogen-bond acceptors (Lipinski definition) is 5. The molecule has 2 aromatic carbocycles. The molecule has 0 saturated carbocycles. The normalized spacial score (nSPS) is 11.2. The molecule has 7 nitrogen and oxygen atoms in total. The van der Waals surface area contributed by atoms with E-state index in [9.17, 15) is 13.2 Å². The first kappa shape index (κ1) is 22.2. The number of anilines is 1. The summed E-state index contributed by atoms with van der Waals surface area (Å²) >= 11 is 0. The molecule has 0 saturated heterocycles. The van der Waals surface area contributed by atoms with E-state index in [1.807, 2.05) is 19.1 Å². The molecule has 0 bridgehead atoms. The molecule has 0 aromatic heterocycles. The maximum absolute atomic E-state index is 12.2. The number of nitrogens with zero attached hydrogens (tertiary/aromatic N) is 2. The molecule has 0 aliphatic carbocycles. The average Bonchev–Trinajstić information content (AvgIpc) is 2.70. The van der Waals surface area contributed by atoms with Gasteiger partial charge in [-0.15, -0.1) is 0 Å². The predicted molar refractivity (Wildman–Crippen MR) is 116 cm³/mol. The minimum absolute atomic E-state index is 0.371. The lowest BCUT2D eigenvalue weighted by Gasteiger charge is -2.21. The molecule has 0 radical (unpaired) electrons. The Morgan fingerprint density at radius 1 is 1.24 bits per heavy atom. The number of ether oxygens (including phenoxy) is 1. The number of benzene rings is 2. The Kier molecular flexibility index (Phi) is 7.97. The highest BCUT2D eigenvalue weighted by atomic mass is 32.2. The molecule has 0 heterocycles. The van der Waals surface area contributed by atoms with E-state index in [-0.39, 0.29) is 6.54 Å². The van der Waals surface area contributed by atoms with Gasteiger partial charge in [0, 0.05) is 0 Å². The van der Waals surface area contributed by atoms with Crippen molar-refractivity contribution in [3.8, 4) is 5.75 Å². The van der Waals surface area contributed by atoms with Crippen LogP contribution in [0.25, 0.3) is 0 Å². The van der Waals surface area contributed by atoms with Crippen LogP contribution in [0.4, 0.5) is 5.69 Å². The molecule has 8 heteroatoms. The van der Waals surface area contributed by atoms with Crippen LogP contribution in [0.1, 0.15) is 18.1 Å². The van der Waals surface area contributed by atoms with Gasteiger partial charge in [0.1, 0.15) is 18.9 Å². The maximum Gasteiger partial charge on any atom is 0.260 e. The summed E-state index contributed by atoms with van der Waals surface area (Å²) in [5, 5.41) is 3.90. The molecule has 0 fully saturated rings. The summed E-state index contributed by atoms with van der Waals surface area (Å²) < 4.78 is 30.7. The summed E-state index contributed by atoms with van der Waals surface area (Å²) in [4.78, 5) is 12.2. The third-order valence-corrected chi connectivity index (χ3v) is 5.09. The van der Waals surface area contributed by atoms with Crippen molar-refractivity contribution in [2.75, 3.05) is 23.7 Å². The van der Waals surface area contributed by atoms with Crippen LogP contribution >= 0.6 is 0 Å². The van der Waals surface area contributed by atoms with Crippen molar-refractivity contribution in [1.29, 1.82) is 0 Å². The molecule has 0 aliphatic heterocycles. The Bertz CT molecular complexity index is 970. The van der Waals surface area contributed by atoms with Gasteiger partial charge in [0.05, 0.1) is 18.2 Å². The van der Waals surface area contributed by atoms with E-state index in [0.717, 1.165) is 28.1 Å². The highest BCUT2D eigenvalue weighted by molar-refractivity contribution is 7.92. The first-order chi connectivity index (χ1) is 13.8. The minimum atomic E-state index is -3.63. The fraction of sp³-hybridized carbons (Fsp3) is 0.238. The molecule has 0 aliphatic rings. The van der Waals surface area contributed by atoms with Crippen molar-refractivity contribution in [3.63, 3.8) is 0 Å². The van der Waals surface area contributed by atoms with Crippen LogP contribution in [0.3, 0.4) is 0 Å². The van der Waals surface area contributed by atoms with Gasteiger partial charge in [0.25, 0.3) is 5.91 Å². The van der Waals surface area contributed by atoms with Crippen molar-refractivity contribution >= 4 is 27.8 Å². The van der Waals surface area contributed by atoms with Crippen LogP contribution in [0, 0.1) is 0 Å². The van der Waals surface area contributed by atoms with E-state index in [2.05, 4.69) is 17.1 Å². The van der Waals surface area contributed by atoms with Crippen molar-refractivity contribution in [2.45, 2.75) is 13.3 Å². The highest BCUT2D eigenvalue weighted by Gasteiger charge is 2.20. The number of rotatable bonds is 10. The molecule has 0 unspecified atom stereocenters. The fourth-order valence-electron chi connectivity index (χ4n) is 2.48. The average molecular weight is 416 g/mol. The fourth-order valence-corrected chi connectivity index (χ4v) is 3.34. The number of hydrogen-bond donors (Lipinski definition) is 1. The van der Waals surface area contributed by atoms with Gasteiger partial charge in [-0.05, 0) is 41.8 Å². The first-order valence-electron chi connectivity index (χ1n) is 9.05. The lowest BCUT2D eigenvalue weighted by atomic mass is 10.1. The highest BCUT2D eigenvalue weighted by Crippen LogP contribution is 2.18. The molecular formula is C21H25N3O4S. The Morgan fingerprint density at radius 3 is 2.59 bits per heavy atom. The zero-order valence-corrected chi connectivity index (χ0v) is 17.4. The van der Waals surface area contributed by atoms with Crippen LogP contribution < -0.4 is 14.5 Å². The zero-order chi connectivity index (χ0) is 21.3. The van der Waals surface area contributed by atoms with Gasteiger partial charge in [0.2, 0.25) is 10.0 Å². The van der Waals surface area contributed by atoms with Gasteiger partial charge >= 0.3 is 0 Å². The van der Waals surface area contributed by atoms with Crippen LogP contribution in [0.2, 0.25) is 0 Å². The van der Waals surface area contributed by atoms with E-state index in [0.29, 0.717) is 18.0 Å². The van der Waals surface area contributed by atoms with Crippen LogP contribution in [0.5, 0.6) is 5.75 Å². The van der Waals surface area contributed by atoms with E-state index < -0.39 is 15.9 Å². The Balaban J connectivity index is 2.03. The largest absolute Gasteiger partial charge is 0.490 e. The third kappa shape index (κ3) is 7.08. The van der Waals surface area contributed by atoms with Crippen LogP contribution in [0.15, 0.2) is 66.3 Å².